The molecule has 0 nitrogen and oxygen atoms in total. The van der Waals surface area contributed by atoms with Gasteiger partial charge in [0, 0.05) is 0 Å². The lowest BCUT2D eigenvalue weighted by Gasteiger charge is -2.22. The van der Waals surface area contributed by atoms with E-state index in [1.165, 1.54) is 16.7 Å². The largest absolute Gasteiger partial charge is 0.0780 e. The van der Waals surface area contributed by atoms with Crippen LogP contribution in [0.1, 0.15) is 36.5 Å². The first-order chi connectivity index (χ1) is 6.18. The third-order valence-electron chi connectivity index (χ3n) is 2.93. The summed E-state index contributed by atoms with van der Waals surface area (Å²) in [6, 6.07) is 6.64. The molecule has 1 aromatic carbocycles. The molecule has 2 rings (SSSR count). The van der Waals surface area contributed by atoms with Crippen molar-refractivity contribution in [2.75, 3.05) is 0 Å². The van der Waals surface area contributed by atoms with Crippen molar-refractivity contribution >= 4 is 0 Å². The molecule has 0 heteroatoms. The lowest BCUT2D eigenvalue weighted by atomic mass is 9.83. The molecule has 0 amide bonds. The van der Waals surface area contributed by atoms with Gasteiger partial charge in [-0.05, 0) is 42.9 Å². The summed E-state index contributed by atoms with van der Waals surface area (Å²) in [4.78, 5) is 0. The summed E-state index contributed by atoms with van der Waals surface area (Å²) in [6.45, 7) is 6.72. The number of hydrogen-bond donors (Lipinski definition) is 0. The molecule has 1 aliphatic rings. The number of rotatable bonds is 0. The van der Waals surface area contributed by atoms with Crippen LogP contribution < -0.4 is 0 Å². The van der Waals surface area contributed by atoms with Gasteiger partial charge in [0.1, 0.15) is 0 Å². The van der Waals surface area contributed by atoms with Crippen molar-refractivity contribution in [3.8, 4) is 0 Å². The smallest absolute Gasteiger partial charge is 0.000480 e. The molecular formula is C13H16. The molecule has 0 N–H and O–H groups in total. The lowest BCUT2D eigenvalue weighted by Crippen LogP contribution is -2.06. The highest BCUT2D eigenvalue weighted by Gasteiger charge is 2.15. The Morgan fingerprint density at radius 1 is 1.23 bits per heavy atom. The van der Waals surface area contributed by atoms with Crippen molar-refractivity contribution in [2.45, 2.75) is 33.1 Å². The molecule has 13 heavy (non-hydrogen) atoms. The topological polar surface area (TPSA) is 0 Å². The van der Waals surface area contributed by atoms with Gasteiger partial charge < -0.3 is 0 Å². The van der Waals surface area contributed by atoms with Crippen LogP contribution in [0.5, 0.6) is 0 Å². The van der Waals surface area contributed by atoms with E-state index >= 15 is 0 Å². The van der Waals surface area contributed by atoms with Crippen molar-refractivity contribution < 1.29 is 0 Å². The zero-order valence-electron chi connectivity index (χ0n) is 8.59. The van der Waals surface area contributed by atoms with E-state index < -0.39 is 0 Å². The summed E-state index contributed by atoms with van der Waals surface area (Å²) in [5.74, 6) is 0.601. The van der Waals surface area contributed by atoms with Crippen LogP contribution in [0.4, 0.5) is 0 Å². The highest BCUT2D eigenvalue weighted by molar-refractivity contribution is 5.44. The van der Waals surface area contributed by atoms with Gasteiger partial charge in [0.25, 0.3) is 0 Å². The molecule has 0 saturated heterocycles. The first-order valence-corrected chi connectivity index (χ1v) is 4.94. The minimum absolute atomic E-state index is 0.601. The first-order valence-electron chi connectivity index (χ1n) is 4.94. The molecule has 0 fully saturated rings. The SMILES string of the molecule is CC1=CC(C)c2cccc(C)c2C1. The van der Waals surface area contributed by atoms with Crippen LogP contribution in [0, 0.1) is 6.92 Å². The first kappa shape index (κ1) is 8.55. The Bertz CT molecular complexity index is 358. The molecule has 0 aliphatic heterocycles. The fraction of sp³-hybridized carbons (Fsp3) is 0.385. The van der Waals surface area contributed by atoms with E-state index in [-0.39, 0.29) is 0 Å². The summed E-state index contributed by atoms with van der Waals surface area (Å²) in [5, 5.41) is 0. The highest BCUT2D eigenvalue weighted by Crippen LogP contribution is 2.31. The van der Waals surface area contributed by atoms with Gasteiger partial charge in [-0.3, -0.25) is 0 Å². The number of aryl methyl sites for hydroxylation is 1. The average Bonchev–Trinajstić information content (AvgIpc) is 2.07. The summed E-state index contributed by atoms with van der Waals surface area (Å²) in [5.41, 5.74) is 6.02. The van der Waals surface area contributed by atoms with Gasteiger partial charge in [-0.1, -0.05) is 36.8 Å². The normalized spacial score (nSPS) is 20.8. The number of benzene rings is 1. The van der Waals surface area contributed by atoms with Gasteiger partial charge in [0.2, 0.25) is 0 Å². The molecule has 0 radical (unpaired) electrons. The molecule has 1 aromatic rings. The number of fused-ring (bicyclic) bond motifs is 1. The summed E-state index contributed by atoms with van der Waals surface area (Å²) in [7, 11) is 0. The maximum absolute atomic E-state index is 2.38. The summed E-state index contributed by atoms with van der Waals surface area (Å²) in [6.07, 6.45) is 3.52. The second kappa shape index (κ2) is 3.02. The van der Waals surface area contributed by atoms with Gasteiger partial charge in [-0.25, -0.2) is 0 Å². The summed E-state index contributed by atoms with van der Waals surface area (Å²) < 4.78 is 0. The Morgan fingerprint density at radius 3 is 2.77 bits per heavy atom. The Morgan fingerprint density at radius 2 is 2.00 bits per heavy atom. The second-order valence-corrected chi connectivity index (χ2v) is 4.12. The Balaban J connectivity index is 2.55. The van der Waals surface area contributed by atoms with Crippen molar-refractivity contribution in [1.82, 2.24) is 0 Å². The standard InChI is InChI=1S/C13H16/c1-9-7-11(3)12-6-4-5-10(2)13(12)8-9/h4-7,11H,8H2,1-3H3. The zero-order valence-corrected chi connectivity index (χ0v) is 8.59. The molecule has 0 heterocycles. The van der Waals surface area contributed by atoms with Crippen LogP contribution in [-0.4, -0.2) is 0 Å². The third-order valence-corrected chi connectivity index (χ3v) is 2.93. The van der Waals surface area contributed by atoms with Crippen molar-refractivity contribution in [3.63, 3.8) is 0 Å². The molecule has 0 saturated carbocycles. The predicted molar refractivity (Wildman–Crippen MR) is 57.1 cm³/mol. The maximum Gasteiger partial charge on any atom is -0.000480 e. The molecule has 0 spiro atoms. The maximum atomic E-state index is 2.38. The minimum Gasteiger partial charge on any atom is -0.0780 e. The average molecular weight is 172 g/mol. The molecule has 1 atom stereocenters. The Kier molecular flexibility index (Phi) is 1.99. The van der Waals surface area contributed by atoms with E-state index in [4.69, 9.17) is 0 Å². The van der Waals surface area contributed by atoms with Crippen molar-refractivity contribution in [3.05, 3.63) is 46.5 Å². The van der Waals surface area contributed by atoms with E-state index in [0.29, 0.717) is 5.92 Å². The molecule has 0 aromatic heterocycles. The second-order valence-electron chi connectivity index (χ2n) is 4.12. The third kappa shape index (κ3) is 1.41. The van der Waals surface area contributed by atoms with Crippen LogP contribution in [0.25, 0.3) is 0 Å². The highest BCUT2D eigenvalue weighted by atomic mass is 14.2. The molecule has 1 unspecified atom stereocenters. The fourth-order valence-corrected chi connectivity index (χ4v) is 2.25. The van der Waals surface area contributed by atoms with Crippen molar-refractivity contribution in [1.29, 1.82) is 0 Å². The molecule has 0 bridgehead atoms. The van der Waals surface area contributed by atoms with Crippen LogP contribution >= 0.6 is 0 Å². The lowest BCUT2D eigenvalue weighted by molar-refractivity contribution is 0.870. The molecule has 1 aliphatic carbocycles. The van der Waals surface area contributed by atoms with E-state index in [9.17, 15) is 0 Å². The fourth-order valence-electron chi connectivity index (χ4n) is 2.25. The van der Waals surface area contributed by atoms with Gasteiger partial charge in [-0.15, -0.1) is 0 Å². The molecule has 68 valence electrons. The predicted octanol–water partition coefficient (Wildman–Crippen LogP) is 3.60. The number of hydrogen-bond acceptors (Lipinski definition) is 0. The van der Waals surface area contributed by atoms with Crippen LogP contribution in [0.3, 0.4) is 0 Å². The van der Waals surface area contributed by atoms with Crippen LogP contribution in [0.2, 0.25) is 0 Å². The minimum atomic E-state index is 0.601. The molecular weight excluding hydrogens is 156 g/mol. The van der Waals surface area contributed by atoms with Gasteiger partial charge >= 0.3 is 0 Å². The van der Waals surface area contributed by atoms with Gasteiger partial charge in [0.15, 0.2) is 0 Å². The van der Waals surface area contributed by atoms with Crippen LogP contribution in [0.15, 0.2) is 29.8 Å². The van der Waals surface area contributed by atoms with E-state index in [0.717, 1.165) is 6.42 Å². The zero-order chi connectivity index (χ0) is 9.42. The monoisotopic (exact) mass is 172 g/mol. The Hall–Kier alpha value is -1.04. The Labute approximate surface area is 80.3 Å². The van der Waals surface area contributed by atoms with E-state index in [2.05, 4.69) is 45.0 Å². The van der Waals surface area contributed by atoms with E-state index in [1.807, 2.05) is 0 Å². The number of allylic oxidation sites excluding steroid dienone is 2. The quantitative estimate of drug-likeness (QED) is 0.524. The van der Waals surface area contributed by atoms with Crippen molar-refractivity contribution in [2.24, 2.45) is 0 Å². The van der Waals surface area contributed by atoms with Gasteiger partial charge in [-0.2, -0.15) is 0 Å². The van der Waals surface area contributed by atoms with Gasteiger partial charge in [0.05, 0.1) is 0 Å². The van der Waals surface area contributed by atoms with E-state index in [1.54, 1.807) is 5.56 Å². The summed E-state index contributed by atoms with van der Waals surface area (Å²) >= 11 is 0. The van der Waals surface area contributed by atoms with Crippen LogP contribution in [-0.2, 0) is 6.42 Å².